The quantitative estimate of drug-likeness (QED) is 0.505. The van der Waals surface area contributed by atoms with Gasteiger partial charge in [-0.3, -0.25) is 0 Å². The fourth-order valence-corrected chi connectivity index (χ4v) is 3.03. The van der Waals surface area contributed by atoms with Crippen molar-refractivity contribution < 1.29 is 9.23 Å². The zero-order chi connectivity index (χ0) is 18.8. The maximum Gasteiger partial charge on any atom is 0.158 e. The van der Waals surface area contributed by atoms with Crippen molar-refractivity contribution in [3.05, 3.63) is 62.9 Å². The number of aliphatic imine (C=N–C) groups is 1. The third-order valence-corrected chi connectivity index (χ3v) is 4.64. The van der Waals surface area contributed by atoms with Crippen LogP contribution in [0, 0.1) is 12.7 Å². The Bertz CT molecular complexity index is 897. The van der Waals surface area contributed by atoms with Crippen molar-refractivity contribution in [2.45, 2.75) is 19.4 Å². The first-order valence-electron chi connectivity index (χ1n) is 8.04. The summed E-state index contributed by atoms with van der Waals surface area (Å²) < 4.78 is 13.7. The largest absolute Gasteiger partial charge is 0.387 e. The first-order valence-corrected chi connectivity index (χ1v) is 8.79. The standard InChI is InChI=1S/C19H18Cl2FN3O/c1-11-6-18(23-10-25(2)3)15(21)8-13(11)19-9-17(24-26-19)12-4-5-14(20)16(22)7-12/h4-8,10,19H,9H2,1-3H3. The predicted molar refractivity (Wildman–Crippen MR) is 104 cm³/mol. The van der Waals surface area contributed by atoms with Crippen molar-refractivity contribution in [1.82, 2.24) is 4.90 Å². The van der Waals surface area contributed by atoms with E-state index in [2.05, 4.69) is 10.1 Å². The normalized spacial score (nSPS) is 16.7. The monoisotopic (exact) mass is 393 g/mol. The molecule has 1 unspecified atom stereocenters. The first-order chi connectivity index (χ1) is 12.3. The van der Waals surface area contributed by atoms with Crippen LogP contribution in [0.5, 0.6) is 0 Å². The first kappa shape index (κ1) is 18.7. The van der Waals surface area contributed by atoms with Gasteiger partial charge in [-0.2, -0.15) is 0 Å². The Morgan fingerprint density at radius 1 is 1.23 bits per heavy atom. The molecule has 0 aromatic heterocycles. The molecule has 0 bridgehead atoms. The van der Waals surface area contributed by atoms with E-state index < -0.39 is 5.82 Å². The molecule has 136 valence electrons. The molecule has 0 spiro atoms. The summed E-state index contributed by atoms with van der Waals surface area (Å²) in [5.41, 5.74) is 3.97. The highest BCUT2D eigenvalue weighted by Gasteiger charge is 2.26. The van der Waals surface area contributed by atoms with Gasteiger partial charge in [-0.1, -0.05) is 34.4 Å². The third-order valence-electron chi connectivity index (χ3n) is 4.03. The SMILES string of the molecule is Cc1cc(N=CN(C)C)c(Cl)cc1C1CC(c2ccc(Cl)c(F)c2)=NO1. The van der Waals surface area contributed by atoms with Gasteiger partial charge in [0.05, 0.1) is 27.8 Å². The Balaban J connectivity index is 1.81. The van der Waals surface area contributed by atoms with Crippen molar-refractivity contribution in [3.8, 4) is 0 Å². The van der Waals surface area contributed by atoms with Gasteiger partial charge in [0, 0.05) is 26.1 Å². The number of rotatable bonds is 4. The Morgan fingerprint density at radius 3 is 2.69 bits per heavy atom. The molecule has 0 saturated carbocycles. The number of halogens is 3. The minimum Gasteiger partial charge on any atom is -0.387 e. The van der Waals surface area contributed by atoms with Gasteiger partial charge in [-0.15, -0.1) is 0 Å². The van der Waals surface area contributed by atoms with Crippen LogP contribution in [0.25, 0.3) is 0 Å². The lowest BCUT2D eigenvalue weighted by Crippen LogP contribution is -2.07. The van der Waals surface area contributed by atoms with Gasteiger partial charge in [0.25, 0.3) is 0 Å². The van der Waals surface area contributed by atoms with E-state index in [-0.39, 0.29) is 11.1 Å². The summed E-state index contributed by atoms with van der Waals surface area (Å²) in [6.07, 6.45) is 1.95. The highest BCUT2D eigenvalue weighted by Crippen LogP contribution is 2.37. The molecule has 0 N–H and O–H groups in total. The second-order valence-electron chi connectivity index (χ2n) is 6.33. The molecule has 1 atom stereocenters. The number of oxime groups is 1. The fourth-order valence-electron chi connectivity index (χ4n) is 2.70. The molecular formula is C19H18Cl2FN3O. The molecule has 0 amide bonds. The maximum atomic E-state index is 13.7. The highest BCUT2D eigenvalue weighted by atomic mass is 35.5. The molecular weight excluding hydrogens is 376 g/mol. The molecule has 2 aromatic carbocycles. The van der Waals surface area contributed by atoms with Gasteiger partial charge in [0.15, 0.2) is 6.10 Å². The van der Waals surface area contributed by atoms with Crippen LogP contribution in [-0.2, 0) is 4.84 Å². The zero-order valence-corrected chi connectivity index (χ0v) is 16.1. The Kier molecular flexibility index (Phi) is 5.49. The predicted octanol–water partition coefficient (Wildman–Crippen LogP) is 5.53. The average Bonchev–Trinajstić information content (AvgIpc) is 3.07. The molecule has 7 heteroatoms. The lowest BCUT2D eigenvalue weighted by molar-refractivity contribution is 0.0853. The Hall–Kier alpha value is -2.11. The smallest absolute Gasteiger partial charge is 0.158 e. The van der Waals surface area contributed by atoms with Crippen molar-refractivity contribution in [1.29, 1.82) is 0 Å². The average molecular weight is 394 g/mol. The zero-order valence-electron chi connectivity index (χ0n) is 14.6. The van der Waals surface area contributed by atoms with Crippen LogP contribution in [0.4, 0.5) is 10.1 Å². The van der Waals surface area contributed by atoms with Gasteiger partial charge in [0.1, 0.15) is 5.82 Å². The van der Waals surface area contributed by atoms with E-state index in [1.807, 2.05) is 38.1 Å². The summed E-state index contributed by atoms with van der Waals surface area (Å²) in [6, 6.07) is 8.38. The van der Waals surface area contributed by atoms with Gasteiger partial charge in [-0.25, -0.2) is 9.38 Å². The van der Waals surface area contributed by atoms with Gasteiger partial charge in [-0.05, 0) is 42.3 Å². The van der Waals surface area contributed by atoms with E-state index >= 15 is 0 Å². The molecule has 1 aliphatic heterocycles. The van der Waals surface area contributed by atoms with Crippen LogP contribution in [0.1, 0.15) is 29.2 Å². The van der Waals surface area contributed by atoms with Gasteiger partial charge < -0.3 is 9.74 Å². The van der Waals surface area contributed by atoms with Crippen LogP contribution < -0.4 is 0 Å². The molecule has 0 saturated heterocycles. The molecule has 3 rings (SSSR count). The lowest BCUT2D eigenvalue weighted by atomic mass is 9.97. The summed E-state index contributed by atoms with van der Waals surface area (Å²) in [7, 11) is 3.78. The van der Waals surface area contributed by atoms with E-state index in [9.17, 15) is 4.39 Å². The van der Waals surface area contributed by atoms with Crippen molar-refractivity contribution in [2.24, 2.45) is 10.1 Å². The number of benzene rings is 2. The van der Waals surface area contributed by atoms with Crippen LogP contribution in [0.3, 0.4) is 0 Å². The fraction of sp³-hybridized carbons (Fsp3) is 0.263. The highest BCUT2D eigenvalue weighted by molar-refractivity contribution is 6.33. The summed E-state index contributed by atoms with van der Waals surface area (Å²) in [6.45, 7) is 1.98. The molecule has 0 fully saturated rings. The van der Waals surface area contributed by atoms with Crippen LogP contribution in [-0.4, -0.2) is 31.0 Å². The molecule has 1 heterocycles. The Morgan fingerprint density at radius 2 is 2.00 bits per heavy atom. The summed E-state index contributed by atoms with van der Waals surface area (Å²) in [5.74, 6) is -0.474. The molecule has 0 radical (unpaired) electrons. The number of hydrogen-bond donors (Lipinski definition) is 0. The van der Waals surface area contributed by atoms with Crippen molar-refractivity contribution in [3.63, 3.8) is 0 Å². The molecule has 4 nitrogen and oxygen atoms in total. The number of nitrogens with zero attached hydrogens (tertiary/aromatic N) is 3. The molecule has 1 aliphatic rings. The van der Waals surface area contributed by atoms with E-state index in [1.54, 1.807) is 12.4 Å². The van der Waals surface area contributed by atoms with E-state index in [1.165, 1.54) is 12.1 Å². The maximum absolute atomic E-state index is 13.7. The second kappa shape index (κ2) is 7.64. The second-order valence-corrected chi connectivity index (χ2v) is 7.15. The molecule has 26 heavy (non-hydrogen) atoms. The summed E-state index contributed by atoms with van der Waals surface area (Å²) in [5, 5.41) is 4.74. The topological polar surface area (TPSA) is 37.2 Å². The van der Waals surface area contributed by atoms with E-state index in [0.29, 0.717) is 28.4 Å². The summed E-state index contributed by atoms with van der Waals surface area (Å²) >= 11 is 12.1. The molecule has 2 aromatic rings. The Labute approximate surface area is 161 Å². The lowest BCUT2D eigenvalue weighted by Gasteiger charge is -2.14. The van der Waals surface area contributed by atoms with Crippen molar-refractivity contribution >= 4 is 40.9 Å². The van der Waals surface area contributed by atoms with Crippen LogP contribution in [0.15, 0.2) is 40.5 Å². The van der Waals surface area contributed by atoms with Crippen LogP contribution in [0.2, 0.25) is 10.0 Å². The third kappa shape index (κ3) is 4.00. The molecule has 0 aliphatic carbocycles. The van der Waals surface area contributed by atoms with Crippen molar-refractivity contribution in [2.75, 3.05) is 14.1 Å². The number of aryl methyl sites for hydroxylation is 1. The minimum atomic E-state index is -0.474. The van der Waals surface area contributed by atoms with E-state index in [0.717, 1.165) is 11.1 Å². The minimum absolute atomic E-state index is 0.0845. The van der Waals surface area contributed by atoms with Crippen LogP contribution >= 0.6 is 23.2 Å². The number of hydrogen-bond acceptors (Lipinski definition) is 3. The van der Waals surface area contributed by atoms with Gasteiger partial charge in [0.2, 0.25) is 0 Å². The van der Waals surface area contributed by atoms with Gasteiger partial charge >= 0.3 is 0 Å². The summed E-state index contributed by atoms with van der Waals surface area (Å²) in [4.78, 5) is 11.8. The van der Waals surface area contributed by atoms with E-state index in [4.69, 9.17) is 28.0 Å².